The molecule has 1 aromatic rings. The normalized spacial score (nSPS) is 24.5. The molecule has 0 heterocycles. The molecule has 23 heavy (non-hydrogen) atoms. The van der Waals surface area contributed by atoms with Gasteiger partial charge < -0.3 is 15.2 Å². The standard InChI is InChI=1S/C18H23NO4/c20-17(12-5-6-13(11-12)18(21)22)19-14-7-9-16(10-8-14)23-15-3-1-2-4-15/h7-10,12-13,15H,1-6,11H2,(H,19,20)(H,21,22)/t12-,13+/m0/s1. The summed E-state index contributed by atoms with van der Waals surface area (Å²) in [6, 6.07) is 7.43. The van der Waals surface area contributed by atoms with Gasteiger partial charge in [0, 0.05) is 11.6 Å². The summed E-state index contributed by atoms with van der Waals surface area (Å²) < 4.78 is 5.90. The van der Waals surface area contributed by atoms with Crippen LogP contribution in [0.25, 0.3) is 0 Å². The molecule has 5 heteroatoms. The van der Waals surface area contributed by atoms with Gasteiger partial charge in [-0.15, -0.1) is 0 Å². The van der Waals surface area contributed by atoms with Gasteiger partial charge in [0.1, 0.15) is 5.75 Å². The first-order chi connectivity index (χ1) is 11.1. The van der Waals surface area contributed by atoms with E-state index in [1.165, 1.54) is 12.8 Å². The molecule has 0 spiro atoms. The lowest BCUT2D eigenvalue weighted by atomic mass is 10.0. The van der Waals surface area contributed by atoms with E-state index in [1.807, 2.05) is 24.3 Å². The van der Waals surface area contributed by atoms with E-state index in [0.29, 0.717) is 25.4 Å². The fraction of sp³-hybridized carbons (Fsp3) is 0.556. The largest absolute Gasteiger partial charge is 0.490 e. The van der Waals surface area contributed by atoms with Crippen molar-refractivity contribution in [2.24, 2.45) is 11.8 Å². The van der Waals surface area contributed by atoms with Gasteiger partial charge in [0.25, 0.3) is 0 Å². The molecule has 2 aliphatic rings. The molecule has 0 unspecified atom stereocenters. The van der Waals surface area contributed by atoms with Crippen LogP contribution in [0.4, 0.5) is 5.69 Å². The number of aliphatic carboxylic acids is 1. The number of carbonyl (C=O) groups excluding carboxylic acids is 1. The SMILES string of the molecule is O=C(O)[C@@H]1CC[C@H](C(=O)Nc2ccc(OC3CCCC3)cc2)C1. The van der Waals surface area contributed by atoms with E-state index in [2.05, 4.69) is 5.32 Å². The van der Waals surface area contributed by atoms with Crippen molar-refractivity contribution < 1.29 is 19.4 Å². The lowest BCUT2D eigenvalue weighted by Gasteiger charge is -2.14. The molecule has 5 nitrogen and oxygen atoms in total. The summed E-state index contributed by atoms with van der Waals surface area (Å²) in [6.07, 6.45) is 6.68. The number of nitrogens with one attached hydrogen (secondary N) is 1. The molecule has 0 radical (unpaired) electrons. The summed E-state index contributed by atoms with van der Waals surface area (Å²) in [6.45, 7) is 0. The van der Waals surface area contributed by atoms with Crippen LogP contribution in [0, 0.1) is 11.8 Å². The Hall–Kier alpha value is -2.04. The molecule has 1 aromatic carbocycles. The van der Waals surface area contributed by atoms with Crippen molar-refractivity contribution in [1.82, 2.24) is 0 Å². The molecule has 2 fully saturated rings. The average Bonchev–Trinajstić information content (AvgIpc) is 3.20. The van der Waals surface area contributed by atoms with Gasteiger partial charge in [-0.1, -0.05) is 0 Å². The molecular weight excluding hydrogens is 294 g/mol. The van der Waals surface area contributed by atoms with Gasteiger partial charge >= 0.3 is 5.97 Å². The highest BCUT2D eigenvalue weighted by Gasteiger charge is 2.33. The number of anilines is 1. The van der Waals surface area contributed by atoms with E-state index in [0.717, 1.165) is 24.3 Å². The first-order valence-corrected chi connectivity index (χ1v) is 8.42. The first-order valence-electron chi connectivity index (χ1n) is 8.42. The van der Waals surface area contributed by atoms with E-state index in [9.17, 15) is 9.59 Å². The number of carboxylic acid groups (broad SMARTS) is 1. The fourth-order valence-electron chi connectivity index (χ4n) is 3.50. The van der Waals surface area contributed by atoms with Gasteiger partial charge in [-0.2, -0.15) is 0 Å². The summed E-state index contributed by atoms with van der Waals surface area (Å²) in [5.41, 5.74) is 0.729. The van der Waals surface area contributed by atoms with Gasteiger partial charge in [-0.25, -0.2) is 0 Å². The van der Waals surface area contributed by atoms with Crippen molar-refractivity contribution in [3.8, 4) is 5.75 Å². The van der Waals surface area contributed by atoms with Crippen molar-refractivity contribution in [2.45, 2.75) is 51.0 Å². The third-order valence-electron chi connectivity index (χ3n) is 4.88. The third-order valence-corrected chi connectivity index (χ3v) is 4.88. The Morgan fingerprint density at radius 2 is 1.65 bits per heavy atom. The van der Waals surface area contributed by atoms with Crippen LogP contribution in [0.2, 0.25) is 0 Å². The van der Waals surface area contributed by atoms with Crippen LogP contribution >= 0.6 is 0 Å². The molecule has 2 atom stereocenters. The van der Waals surface area contributed by atoms with Crippen molar-refractivity contribution in [1.29, 1.82) is 0 Å². The van der Waals surface area contributed by atoms with Crippen molar-refractivity contribution in [3.05, 3.63) is 24.3 Å². The van der Waals surface area contributed by atoms with Crippen LogP contribution in [-0.2, 0) is 9.59 Å². The van der Waals surface area contributed by atoms with Crippen LogP contribution in [0.1, 0.15) is 44.9 Å². The summed E-state index contributed by atoms with van der Waals surface area (Å²) in [7, 11) is 0. The molecule has 0 aromatic heterocycles. The zero-order valence-corrected chi connectivity index (χ0v) is 13.2. The number of hydrogen-bond donors (Lipinski definition) is 2. The van der Waals surface area contributed by atoms with E-state index in [-0.39, 0.29) is 17.7 Å². The fourth-order valence-corrected chi connectivity index (χ4v) is 3.50. The maximum Gasteiger partial charge on any atom is 0.306 e. The molecule has 2 saturated carbocycles. The lowest BCUT2D eigenvalue weighted by molar-refractivity contribution is -0.141. The highest BCUT2D eigenvalue weighted by molar-refractivity contribution is 5.93. The lowest BCUT2D eigenvalue weighted by Crippen LogP contribution is -2.21. The van der Waals surface area contributed by atoms with Gasteiger partial charge in [-0.05, 0) is 69.2 Å². The van der Waals surface area contributed by atoms with Gasteiger partial charge in [-0.3, -0.25) is 9.59 Å². The number of ether oxygens (including phenoxy) is 1. The second-order valence-corrected chi connectivity index (χ2v) is 6.58. The Morgan fingerprint density at radius 3 is 2.26 bits per heavy atom. The molecule has 2 aliphatic carbocycles. The highest BCUT2D eigenvalue weighted by Crippen LogP contribution is 2.32. The maximum atomic E-state index is 12.2. The third kappa shape index (κ3) is 4.03. The quantitative estimate of drug-likeness (QED) is 0.872. The molecule has 0 aliphatic heterocycles. The Balaban J connectivity index is 1.51. The van der Waals surface area contributed by atoms with Crippen molar-refractivity contribution in [3.63, 3.8) is 0 Å². The Morgan fingerprint density at radius 1 is 1.00 bits per heavy atom. The number of carbonyl (C=O) groups is 2. The van der Waals surface area contributed by atoms with Crippen molar-refractivity contribution in [2.75, 3.05) is 5.32 Å². The minimum absolute atomic E-state index is 0.0850. The molecular formula is C18H23NO4. The smallest absolute Gasteiger partial charge is 0.306 e. The molecule has 0 saturated heterocycles. The predicted octanol–water partition coefficient (Wildman–Crippen LogP) is 3.45. The number of rotatable bonds is 5. The van der Waals surface area contributed by atoms with Gasteiger partial charge in [0.05, 0.1) is 12.0 Å². The summed E-state index contributed by atoms with van der Waals surface area (Å²) in [5.74, 6) is -0.632. The Bertz CT molecular complexity index is 563. The maximum absolute atomic E-state index is 12.2. The summed E-state index contributed by atoms with van der Waals surface area (Å²) >= 11 is 0. The zero-order chi connectivity index (χ0) is 16.2. The molecule has 2 N–H and O–H groups in total. The monoisotopic (exact) mass is 317 g/mol. The topological polar surface area (TPSA) is 75.6 Å². The zero-order valence-electron chi connectivity index (χ0n) is 13.2. The second kappa shape index (κ2) is 7.02. The Kier molecular flexibility index (Phi) is 4.84. The number of carboxylic acids is 1. The van der Waals surface area contributed by atoms with Gasteiger partial charge in [0.15, 0.2) is 0 Å². The number of benzene rings is 1. The van der Waals surface area contributed by atoms with Crippen LogP contribution in [0.3, 0.4) is 0 Å². The van der Waals surface area contributed by atoms with Gasteiger partial charge in [0.2, 0.25) is 5.91 Å². The minimum Gasteiger partial charge on any atom is -0.490 e. The first kappa shape index (κ1) is 15.8. The minimum atomic E-state index is -0.797. The molecule has 3 rings (SSSR count). The number of amides is 1. The van der Waals surface area contributed by atoms with Crippen LogP contribution in [-0.4, -0.2) is 23.1 Å². The van der Waals surface area contributed by atoms with Crippen molar-refractivity contribution >= 4 is 17.6 Å². The van der Waals surface area contributed by atoms with E-state index < -0.39 is 5.97 Å². The van der Waals surface area contributed by atoms with Crippen LogP contribution in [0.15, 0.2) is 24.3 Å². The summed E-state index contributed by atoms with van der Waals surface area (Å²) in [4.78, 5) is 23.2. The predicted molar refractivity (Wildman–Crippen MR) is 86.4 cm³/mol. The highest BCUT2D eigenvalue weighted by atomic mass is 16.5. The van der Waals surface area contributed by atoms with E-state index in [4.69, 9.17) is 9.84 Å². The van der Waals surface area contributed by atoms with Crippen LogP contribution in [0.5, 0.6) is 5.75 Å². The van der Waals surface area contributed by atoms with Crippen LogP contribution < -0.4 is 10.1 Å². The second-order valence-electron chi connectivity index (χ2n) is 6.58. The molecule has 124 valence electrons. The Labute approximate surface area is 136 Å². The average molecular weight is 317 g/mol. The molecule has 0 bridgehead atoms. The van der Waals surface area contributed by atoms with E-state index >= 15 is 0 Å². The molecule has 1 amide bonds. The van der Waals surface area contributed by atoms with E-state index in [1.54, 1.807) is 0 Å². The number of hydrogen-bond acceptors (Lipinski definition) is 3. The summed E-state index contributed by atoms with van der Waals surface area (Å²) in [5, 5.41) is 11.9.